The van der Waals surface area contributed by atoms with Gasteiger partial charge in [-0.05, 0) is 135 Å². The molecule has 79 heavy (non-hydrogen) atoms. The lowest BCUT2D eigenvalue weighted by molar-refractivity contribution is -0.167. The Bertz CT molecular complexity index is 1640. The highest BCUT2D eigenvalue weighted by molar-refractivity contribution is 5.71. The zero-order chi connectivity index (χ0) is 57.1. The highest BCUT2D eigenvalue weighted by atomic mass is 16.6. The molecule has 0 amide bonds. The van der Waals surface area contributed by atoms with Gasteiger partial charge in [-0.1, -0.05) is 271 Å². The van der Waals surface area contributed by atoms with E-state index in [1.54, 1.807) is 0 Å². The van der Waals surface area contributed by atoms with Gasteiger partial charge in [0.25, 0.3) is 0 Å². The summed E-state index contributed by atoms with van der Waals surface area (Å²) in [5, 5.41) is 0. The smallest absolute Gasteiger partial charge is 0.306 e. The lowest BCUT2D eigenvalue weighted by atomic mass is 10.0. The minimum Gasteiger partial charge on any atom is -0.462 e. The van der Waals surface area contributed by atoms with Gasteiger partial charge in [0.2, 0.25) is 0 Å². The molecule has 6 nitrogen and oxygen atoms in total. The first kappa shape index (κ1) is 74.8. The SMILES string of the molecule is CC/C=C\C/C=C\C/C=C\C/C=C\C/C=C\CCCCCC(=O)OC(COC(=O)CCCCCCC/C=C\C/C=C\CCCCC)COC(=O)CCCCCCCCCCCCCC/C=C\C/C=C\C/C=C\CCCCCCC. The number of carbonyl (C=O) groups excluding carboxylic acids is 3. The van der Waals surface area contributed by atoms with Gasteiger partial charge in [-0.15, -0.1) is 0 Å². The maximum atomic E-state index is 12.9. The first-order valence-electron chi connectivity index (χ1n) is 33.0. The molecule has 6 heteroatoms. The third kappa shape index (κ3) is 64.5. The fraction of sp³-hybridized carbons (Fsp3) is 0.685. The predicted molar refractivity (Wildman–Crippen MR) is 343 cm³/mol. The van der Waals surface area contributed by atoms with Crippen LogP contribution in [0.3, 0.4) is 0 Å². The topological polar surface area (TPSA) is 78.9 Å². The lowest BCUT2D eigenvalue weighted by Crippen LogP contribution is -2.30. The van der Waals surface area contributed by atoms with Crippen LogP contribution in [0, 0.1) is 0 Å². The minimum absolute atomic E-state index is 0.0989. The maximum Gasteiger partial charge on any atom is 0.306 e. The largest absolute Gasteiger partial charge is 0.462 e. The number of carbonyl (C=O) groups is 3. The molecule has 0 aromatic rings. The number of esters is 3. The van der Waals surface area contributed by atoms with Crippen molar-refractivity contribution in [1.29, 1.82) is 0 Å². The van der Waals surface area contributed by atoms with E-state index in [1.807, 2.05) is 0 Å². The van der Waals surface area contributed by atoms with Crippen LogP contribution in [0.5, 0.6) is 0 Å². The van der Waals surface area contributed by atoms with Crippen LogP contribution in [0.15, 0.2) is 122 Å². The molecule has 1 atom stereocenters. The summed E-state index contributed by atoms with van der Waals surface area (Å²) >= 11 is 0. The van der Waals surface area contributed by atoms with E-state index in [0.717, 1.165) is 135 Å². The van der Waals surface area contributed by atoms with Crippen molar-refractivity contribution in [2.75, 3.05) is 13.2 Å². The van der Waals surface area contributed by atoms with Crippen molar-refractivity contribution < 1.29 is 28.6 Å². The summed E-state index contributed by atoms with van der Waals surface area (Å²) in [4.78, 5) is 38.4. The molecule has 0 radical (unpaired) electrons. The Labute approximate surface area is 488 Å². The molecule has 0 bridgehead atoms. The van der Waals surface area contributed by atoms with E-state index in [9.17, 15) is 14.4 Å². The van der Waals surface area contributed by atoms with E-state index >= 15 is 0 Å². The number of hydrogen-bond donors (Lipinski definition) is 0. The van der Waals surface area contributed by atoms with Gasteiger partial charge in [-0.3, -0.25) is 14.4 Å². The van der Waals surface area contributed by atoms with Crippen molar-refractivity contribution in [2.45, 2.75) is 309 Å². The molecule has 0 aliphatic carbocycles. The van der Waals surface area contributed by atoms with Gasteiger partial charge >= 0.3 is 17.9 Å². The number of ether oxygens (including phenoxy) is 3. The molecule has 450 valence electrons. The normalized spacial score (nSPS) is 12.9. The number of allylic oxidation sites excluding steroid dienone is 20. The zero-order valence-electron chi connectivity index (χ0n) is 51.6. The second kappa shape index (κ2) is 66.3. The molecule has 1 unspecified atom stereocenters. The highest BCUT2D eigenvalue weighted by Crippen LogP contribution is 2.15. The maximum absolute atomic E-state index is 12.9. The van der Waals surface area contributed by atoms with Crippen molar-refractivity contribution >= 4 is 17.9 Å². The Balaban J connectivity index is 4.39. The van der Waals surface area contributed by atoms with Crippen molar-refractivity contribution in [3.8, 4) is 0 Å². The molecule has 0 N–H and O–H groups in total. The molecule has 0 rings (SSSR count). The molecule has 0 aliphatic rings. The molecule has 0 spiro atoms. The summed E-state index contributed by atoms with van der Waals surface area (Å²) in [6.07, 6.45) is 92.1. The highest BCUT2D eigenvalue weighted by Gasteiger charge is 2.19. The monoisotopic (exact) mass is 1090 g/mol. The van der Waals surface area contributed by atoms with Crippen LogP contribution in [0.1, 0.15) is 303 Å². The van der Waals surface area contributed by atoms with Crippen molar-refractivity contribution in [1.82, 2.24) is 0 Å². The first-order valence-corrected chi connectivity index (χ1v) is 33.0. The zero-order valence-corrected chi connectivity index (χ0v) is 51.6. The van der Waals surface area contributed by atoms with E-state index in [-0.39, 0.29) is 37.5 Å². The molecule has 0 aromatic carbocycles. The molecule has 0 saturated carbocycles. The summed E-state index contributed by atoms with van der Waals surface area (Å²) in [6.45, 7) is 6.46. The predicted octanol–water partition coefficient (Wildman–Crippen LogP) is 22.8. The van der Waals surface area contributed by atoms with Crippen LogP contribution < -0.4 is 0 Å². The van der Waals surface area contributed by atoms with E-state index in [2.05, 4.69) is 142 Å². The van der Waals surface area contributed by atoms with Crippen LogP contribution in [0.4, 0.5) is 0 Å². The summed E-state index contributed by atoms with van der Waals surface area (Å²) in [7, 11) is 0. The van der Waals surface area contributed by atoms with Gasteiger partial charge in [-0.25, -0.2) is 0 Å². The van der Waals surface area contributed by atoms with Gasteiger partial charge in [0.05, 0.1) is 0 Å². The fourth-order valence-electron chi connectivity index (χ4n) is 8.98. The van der Waals surface area contributed by atoms with E-state index in [1.165, 1.54) is 128 Å². The van der Waals surface area contributed by atoms with Crippen LogP contribution in [-0.4, -0.2) is 37.2 Å². The van der Waals surface area contributed by atoms with Gasteiger partial charge in [0.15, 0.2) is 6.10 Å². The number of hydrogen-bond acceptors (Lipinski definition) is 6. The Morgan fingerprint density at radius 1 is 0.266 bits per heavy atom. The van der Waals surface area contributed by atoms with Crippen molar-refractivity contribution in [3.05, 3.63) is 122 Å². The molecular weight excluding hydrogens is 973 g/mol. The molecule has 0 saturated heterocycles. The van der Waals surface area contributed by atoms with Crippen LogP contribution in [-0.2, 0) is 28.6 Å². The first-order chi connectivity index (χ1) is 39.0. The minimum atomic E-state index is -0.807. The second-order valence-corrected chi connectivity index (χ2v) is 21.6. The summed E-state index contributed by atoms with van der Waals surface area (Å²) < 4.78 is 16.9. The molecular formula is C73H122O6. The quantitative estimate of drug-likeness (QED) is 0.0261. The second-order valence-electron chi connectivity index (χ2n) is 21.6. The summed E-state index contributed by atoms with van der Waals surface area (Å²) in [5.41, 5.74) is 0. The van der Waals surface area contributed by atoms with Gasteiger partial charge < -0.3 is 14.2 Å². The van der Waals surface area contributed by atoms with E-state index in [4.69, 9.17) is 14.2 Å². The van der Waals surface area contributed by atoms with E-state index < -0.39 is 6.10 Å². The Morgan fingerprint density at radius 2 is 0.494 bits per heavy atom. The Hall–Kier alpha value is -4.19. The van der Waals surface area contributed by atoms with Crippen molar-refractivity contribution in [2.24, 2.45) is 0 Å². The van der Waals surface area contributed by atoms with Crippen LogP contribution in [0.25, 0.3) is 0 Å². The fourth-order valence-corrected chi connectivity index (χ4v) is 8.98. The standard InChI is InChI=1S/C73H122O6/c1-4-7-10-13-16-19-22-25-28-30-32-33-34-35-36-37-38-39-41-42-45-48-51-54-57-60-63-66-72(75)78-69-70(68-77-71(74)65-62-59-56-53-50-47-44-27-24-21-18-15-12-9-6-3)79-73(76)67-64-61-58-55-52-49-46-43-40-31-29-26-23-20-17-14-11-8-5-2/h8,11,17-18,20-22,25-27,29-30,32,34-35,40,43-44,49,52,70H,4-7,9-10,12-16,19,23-24,28,31,33,36-39,41-42,45-48,50-51,53-69H2,1-3H3/b11-8-,20-17-,21-18-,25-22-,29-26-,32-30-,35-34-,43-40-,44-27-,52-49-. The molecule has 0 aromatic heterocycles. The molecule has 0 heterocycles. The third-order valence-electron chi connectivity index (χ3n) is 13.9. The Morgan fingerprint density at radius 3 is 0.810 bits per heavy atom. The Kier molecular flexibility index (Phi) is 62.8. The van der Waals surface area contributed by atoms with Gasteiger partial charge in [-0.2, -0.15) is 0 Å². The average molecular weight is 1100 g/mol. The average Bonchev–Trinajstić information content (AvgIpc) is 3.45. The van der Waals surface area contributed by atoms with Gasteiger partial charge in [0.1, 0.15) is 13.2 Å². The van der Waals surface area contributed by atoms with Gasteiger partial charge in [0, 0.05) is 19.3 Å². The summed E-state index contributed by atoms with van der Waals surface area (Å²) in [5.74, 6) is -0.942. The number of unbranched alkanes of at least 4 members (excludes halogenated alkanes) is 28. The van der Waals surface area contributed by atoms with Crippen LogP contribution in [0.2, 0.25) is 0 Å². The lowest BCUT2D eigenvalue weighted by Gasteiger charge is -2.18. The molecule has 0 fully saturated rings. The van der Waals surface area contributed by atoms with E-state index in [0.29, 0.717) is 12.8 Å². The van der Waals surface area contributed by atoms with Crippen molar-refractivity contribution in [3.63, 3.8) is 0 Å². The third-order valence-corrected chi connectivity index (χ3v) is 13.9. The number of rotatable bonds is 59. The summed E-state index contributed by atoms with van der Waals surface area (Å²) in [6, 6.07) is 0. The van der Waals surface area contributed by atoms with Crippen LogP contribution >= 0.6 is 0 Å². The molecule has 0 aliphatic heterocycles.